The van der Waals surface area contributed by atoms with Crippen molar-refractivity contribution in [1.82, 2.24) is 5.16 Å². The summed E-state index contributed by atoms with van der Waals surface area (Å²) in [4.78, 5) is 0. The zero-order chi connectivity index (χ0) is 9.80. The third kappa shape index (κ3) is 1.93. The van der Waals surface area contributed by atoms with E-state index in [4.69, 9.17) is 9.26 Å². The Kier molecular flexibility index (Phi) is 2.49. The zero-order valence-electron chi connectivity index (χ0n) is 7.93. The average molecular weight is 189 g/mol. The summed E-state index contributed by atoms with van der Waals surface area (Å²) in [7, 11) is 1.66. The first-order valence-electron chi connectivity index (χ1n) is 4.40. The molecule has 2 aromatic rings. The van der Waals surface area contributed by atoms with Crippen LogP contribution < -0.4 is 4.74 Å². The quantitative estimate of drug-likeness (QED) is 0.743. The van der Waals surface area contributed by atoms with Gasteiger partial charge in [0.1, 0.15) is 12.0 Å². The van der Waals surface area contributed by atoms with Gasteiger partial charge in [-0.2, -0.15) is 0 Å². The average Bonchev–Trinajstić information content (AvgIpc) is 2.71. The Labute approximate surface area is 82.3 Å². The van der Waals surface area contributed by atoms with Crippen molar-refractivity contribution in [1.29, 1.82) is 0 Å². The number of hydrogen-bond acceptors (Lipinski definition) is 3. The number of ether oxygens (including phenoxy) is 1. The molecular formula is C11H11NO2. The summed E-state index contributed by atoms with van der Waals surface area (Å²) in [5.41, 5.74) is 2.09. The lowest BCUT2D eigenvalue weighted by Gasteiger charge is -2.01. The number of nitrogens with zero attached hydrogens (tertiary/aromatic N) is 1. The minimum absolute atomic E-state index is 0.772. The number of benzene rings is 1. The van der Waals surface area contributed by atoms with Gasteiger partial charge in [0.25, 0.3) is 0 Å². The number of aromatic nitrogens is 1. The van der Waals surface area contributed by atoms with Crippen LogP contribution in [0.2, 0.25) is 0 Å². The predicted molar refractivity (Wildman–Crippen MR) is 52.3 cm³/mol. The van der Waals surface area contributed by atoms with Gasteiger partial charge in [-0.15, -0.1) is 0 Å². The maximum absolute atomic E-state index is 5.13. The molecule has 0 fully saturated rings. The molecule has 0 radical (unpaired) electrons. The van der Waals surface area contributed by atoms with E-state index < -0.39 is 0 Å². The van der Waals surface area contributed by atoms with E-state index >= 15 is 0 Å². The van der Waals surface area contributed by atoms with Crippen molar-refractivity contribution in [2.24, 2.45) is 0 Å². The third-order valence-corrected chi connectivity index (χ3v) is 2.01. The molecule has 14 heavy (non-hydrogen) atoms. The third-order valence-electron chi connectivity index (χ3n) is 2.01. The first-order valence-corrected chi connectivity index (χ1v) is 4.40. The molecule has 1 aromatic carbocycles. The van der Waals surface area contributed by atoms with Gasteiger partial charge in [-0.1, -0.05) is 17.3 Å². The Hall–Kier alpha value is -1.77. The molecule has 3 heteroatoms. The molecule has 0 spiro atoms. The van der Waals surface area contributed by atoms with Crippen LogP contribution in [0.1, 0.15) is 11.3 Å². The SMILES string of the molecule is COc1cccc(Cc2ccon2)c1. The van der Waals surface area contributed by atoms with Crippen LogP contribution in [0.5, 0.6) is 5.75 Å². The molecule has 0 saturated heterocycles. The second-order valence-electron chi connectivity index (χ2n) is 3.02. The molecule has 2 rings (SSSR count). The Morgan fingerprint density at radius 2 is 2.29 bits per heavy atom. The molecule has 0 aliphatic rings. The van der Waals surface area contributed by atoms with Crippen LogP contribution >= 0.6 is 0 Å². The van der Waals surface area contributed by atoms with Gasteiger partial charge >= 0.3 is 0 Å². The highest BCUT2D eigenvalue weighted by Gasteiger charge is 2.00. The number of methoxy groups -OCH3 is 1. The maximum atomic E-state index is 5.13. The highest BCUT2D eigenvalue weighted by molar-refractivity contribution is 5.30. The van der Waals surface area contributed by atoms with Crippen LogP contribution in [-0.2, 0) is 6.42 Å². The fraction of sp³-hybridized carbons (Fsp3) is 0.182. The fourth-order valence-electron chi connectivity index (χ4n) is 1.32. The highest BCUT2D eigenvalue weighted by Crippen LogP contribution is 2.15. The molecule has 0 aliphatic carbocycles. The molecule has 0 aliphatic heterocycles. The van der Waals surface area contributed by atoms with Crippen molar-refractivity contribution in [2.45, 2.75) is 6.42 Å². The second kappa shape index (κ2) is 3.96. The van der Waals surface area contributed by atoms with Gasteiger partial charge in [-0.05, 0) is 17.7 Å². The zero-order valence-corrected chi connectivity index (χ0v) is 7.93. The normalized spacial score (nSPS) is 10.1. The van der Waals surface area contributed by atoms with Gasteiger partial charge in [0.05, 0.1) is 12.8 Å². The summed E-state index contributed by atoms with van der Waals surface area (Å²) in [5.74, 6) is 0.867. The smallest absolute Gasteiger partial charge is 0.124 e. The van der Waals surface area contributed by atoms with Crippen molar-refractivity contribution in [3.63, 3.8) is 0 Å². The van der Waals surface area contributed by atoms with Crippen LogP contribution in [0.25, 0.3) is 0 Å². The van der Waals surface area contributed by atoms with E-state index in [2.05, 4.69) is 5.16 Å². The van der Waals surface area contributed by atoms with Gasteiger partial charge in [0, 0.05) is 12.5 Å². The van der Waals surface area contributed by atoms with Crippen molar-refractivity contribution in [3.8, 4) is 5.75 Å². The Morgan fingerprint density at radius 3 is 3.00 bits per heavy atom. The maximum Gasteiger partial charge on any atom is 0.124 e. The summed E-state index contributed by atoms with van der Waals surface area (Å²) in [5, 5.41) is 3.85. The standard InChI is InChI=1S/C11H11NO2/c1-13-11-4-2-3-9(8-11)7-10-5-6-14-12-10/h2-6,8H,7H2,1H3. The summed E-state index contributed by atoms with van der Waals surface area (Å²) in [6, 6.07) is 9.78. The summed E-state index contributed by atoms with van der Waals surface area (Å²) >= 11 is 0. The van der Waals surface area contributed by atoms with E-state index in [1.807, 2.05) is 30.3 Å². The van der Waals surface area contributed by atoms with Crippen LogP contribution in [0.15, 0.2) is 41.1 Å². The molecule has 0 amide bonds. The van der Waals surface area contributed by atoms with Gasteiger partial charge < -0.3 is 9.26 Å². The van der Waals surface area contributed by atoms with E-state index in [1.54, 1.807) is 13.4 Å². The highest BCUT2D eigenvalue weighted by atomic mass is 16.5. The van der Waals surface area contributed by atoms with Gasteiger partial charge in [0.2, 0.25) is 0 Å². The van der Waals surface area contributed by atoms with Gasteiger partial charge in [-0.25, -0.2) is 0 Å². The van der Waals surface area contributed by atoms with Crippen LogP contribution in [0.3, 0.4) is 0 Å². The Bertz CT molecular complexity index is 395. The van der Waals surface area contributed by atoms with Crippen LogP contribution in [0, 0.1) is 0 Å². The largest absolute Gasteiger partial charge is 0.497 e. The minimum Gasteiger partial charge on any atom is -0.497 e. The first-order chi connectivity index (χ1) is 6.88. The van der Waals surface area contributed by atoms with Crippen LogP contribution in [-0.4, -0.2) is 12.3 Å². The monoisotopic (exact) mass is 189 g/mol. The molecule has 3 nitrogen and oxygen atoms in total. The Balaban J connectivity index is 2.17. The Morgan fingerprint density at radius 1 is 1.36 bits per heavy atom. The fourth-order valence-corrected chi connectivity index (χ4v) is 1.32. The van der Waals surface area contributed by atoms with Gasteiger partial charge in [0.15, 0.2) is 0 Å². The molecule has 0 atom stereocenters. The lowest BCUT2D eigenvalue weighted by molar-refractivity contribution is 0.411. The molecule has 1 aromatic heterocycles. The summed E-state index contributed by atoms with van der Waals surface area (Å²) in [6.07, 6.45) is 2.35. The van der Waals surface area contributed by atoms with Crippen molar-refractivity contribution in [2.75, 3.05) is 7.11 Å². The summed E-state index contributed by atoms with van der Waals surface area (Å²) < 4.78 is 9.89. The van der Waals surface area contributed by atoms with E-state index in [1.165, 1.54) is 5.56 Å². The van der Waals surface area contributed by atoms with E-state index in [0.29, 0.717) is 0 Å². The molecule has 0 saturated carbocycles. The van der Waals surface area contributed by atoms with Crippen molar-refractivity contribution >= 4 is 0 Å². The lowest BCUT2D eigenvalue weighted by Crippen LogP contribution is -1.89. The number of hydrogen-bond donors (Lipinski definition) is 0. The van der Waals surface area contributed by atoms with Crippen LogP contribution in [0.4, 0.5) is 0 Å². The van der Waals surface area contributed by atoms with E-state index in [9.17, 15) is 0 Å². The van der Waals surface area contributed by atoms with E-state index in [0.717, 1.165) is 17.9 Å². The summed E-state index contributed by atoms with van der Waals surface area (Å²) in [6.45, 7) is 0. The molecule has 0 bridgehead atoms. The molecule has 0 unspecified atom stereocenters. The van der Waals surface area contributed by atoms with Crippen molar-refractivity contribution in [3.05, 3.63) is 47.9 Å². The molecule has 72 valence electrons. The second-order valence-corrected chi connectivity index (χ2v) is 3.02. The molecular weight excluding hydrogens is 178 g/mol. The number of rotatable bonds is 3. The first kappa shape index (κ1) is 8.81. The van der Waals surface area contributed by atoms with E-state index in [-0.39, 0.29) is 0 Å². The lowest BCUT2D eigenvalue weighted by atomic mass is 10.1. The molecule has 0 N–H and O–H groups in total. The molecule has 1 heterocycles. The topological polar surface area (TPSA) is 35.3 Å². The van der Waals surface area contributed by atoms with Crippen molar-refractivity contribution < 1.29 is 9.26 Å². The minimum atomic E-state index is 0.772. The predicted octanol–water partition coefficient (Wildman–Crippen LogP) is 2.27. The van der Waals surface area contributed by atoms with Gasteiger partial charge in [-0.3, -0.25) is 0 Å².